The topological polar surface area (TPSA) is 46.3 Å². The summed E-state index contributed by atoms with van der Waals surface area (Å²) in [6.07, 6.45) is 4.31. The number of carbonyl (C=O) groups excluding carboxylic acids is 1. The van der Waals surface area contributed by atoms with Crippen LogP contribution < -0.4 is 5.73 Å². The number of rotatable bonds is 3. The van der Waals surface area contributed by atoms with Crippen molar-refractivity contribution in [3.8, 4) is 0 Å². The number of nitrogens with zero attached hydrogens (tertiary/aromatic N) is 1. The number of hydrogen-bond donors (Lipinski definition) is 1. The lowest BCUT2D eigenvalue weighted by Crippen LogP contribution is -2.48. The van der Waals surface area contributed by atoms with Gasteiger partial charge in [0.25, 0.3) is 0 Å². The van der Waals surface area contributed by atoms with Crippen LogP contribution in [-0.4, -0.2) is 29.4 Å². The van der Waals surface area contributed by atoms with Gasteiger partial charge in [0.1, 0.15) is 0 Å². The molecule has 1 aromatic rings. The van der Waals surface area contributed by atoms with Crippen molar-refractivity contribution in [1.82, 2.24) is 4.90 Å². The van der Waals surface area contributed by atoms with E-state index in [0.29, 0.717) is 12.5 Å². The Morgan fingerprint density at radius 1 is 1.33 bits per heavy atom. The van der Waals surface area contributed by atoms with E-state index < -0.39 is 0 Å². The summed E-state index contributed by atoms with van der Waals surface area (Å²) in [5, 5.41) is 0. The molecule has 3 nitrogen and oxygen atoms in total. The lowest BCUT2D eigenvalue weighted by atomic mass is 10.0. The Hall–Kier alpha value is -1.35. The highest BCUT2D eigenvalue weighted by Crippen LogP contribution is 2.37. The maximum atomic E-state index is 12.3. The van der Waals surface area contributed by atoms with Gasteiger partial charge in [-0.1, -0.05) is 30.3 Å². The molecule has 96 valence electrons. The normalized spacial score (nSPS) is 27.5. The van der Waals surface area contributed by atoms with Gasteiger partial charge in [0.05, 0.1) is 6.04 Å². The van der Waals surface area contributed by atoms with Crippen LogP contribution in [0.5, 0.6) is 0 Å². The number of piperidine rings is 1. The van der Waals surface area contributed by atoms with Crippen molar-refractivity contribution in [2.24, 2.45) is 11.7 Å². The summed E-state index contributed by atoms with van der Waals surface area (Å²) in [6, 6.07) is 10.1. The molecule has 1 amide bonds. The number of amides is 1. The number of benzene rings is 1. The Morgan fingerprint density at radius 2 is 2.11 bits per heavy atom. The molecule has 2 N–H and O–H groups in total. The van der Waals surface area contributed by atoms with E-state index in [1.54, 1.807) is 0 Å². The van der Waals surface area contributed by atoms with Crippen LogP contribution in [0.25, 0.3) is 0 Å². The van der Waals surface area contributed by atoms with Crippen molar-refractivity contribution in [3.05, 3.63) is 35.9 Å². The van der Waals surface area contributed by atoms with Crippen molar-refractivity contribution in [2.75, 3.05) is 6.54 Å². The third kappa shape index (κ3) is 2.15. The maximum absolute atomic E-state index is 12.3. The van der Waals surface area contributed by atoms with Crippen LogP contribution in [0.15, 0.2) is 30.3 Å². The summed E-state index contributed by atoms with van der Waals surface area (Å²) in [4.78, 5) is 14.4. The second-order valence-corrected chi connectivity index (χ2v) is 5.62. The minimum atomic E-state index is -0.383. The van der Waals surface area contributed by atoms with Gasteiger partial charge in [0.15, 0.2) is 0 Å². The highest BCUT2D eigenvalue weighted by Gasteiger charge is 2.41. The summed E-state index contributed by atoms with van der Waals surface area (Å²) in [5.74, 6) is 0.883. The van der Waals surface area contributed by atoms with Gasteiger partial charge >= 0.3 is 0 Å². The summed E-state index contributed by atoms with van der Waals surface area (Å²) in [7, 11) is 0. The second kappa shape index (κ2) is 4.73. The summed E-state index contributed by atoms with van der Waals surface area (Å²) < 4.78 is 0. The minimum absolute atomic E-state index is 0.144. The van der Waals surface area contributed by atoms with Crippen LogP contribution >= 0.6 is 0 Å². The molecule has 3 atom stereocenters. The van der Waals surface area contributed by atoms with Gasteiger partial charge < -0.3 is 10.6 Å². The SMILES string of the molecule is N[C@@H](Cc1ccccc1)C(=O)N1CC2CCC1C2. The lowest BCUT2D eigenvalue weighted by molar-refractivity contribution is -0.134. The van der Waals surface area contributed by atoms with Crippen molar-refractivity contribution in [2.45, 2.75) is 37.8 Å². The van der Waals surface area contributed by atoms with Crippen LogP contribution in [0.2, 0.25) is 0 Å². The molecule has 3 rings (SSSR count). The van der Waals surface area contributed by atoms with E-state index in [1.165, 1.54) is 19.3 Å². The largest absolute Gasteiger partial charge is 0.338 e. The van der Waals surface area contributed by atoms with Gasteiger partial charge in [0.2, 0.25) is 5.91 Å². The Balaban J connectivity index is 1.62. The number of likely N-dealkylation sites (tertiary alicyclic amines) is 1. The fourth-order valence-corrected chi connectivity index (χ4v) is 3.36. The molecule has 1 saturated carbocycles. The average molecular weight is 244 g/mol. The molecule has 2 unspecified atom stereocenters. The molecular formula is C15H20N2O. The van der Waals surface area contributed by atoms with Crippen molar-refractivity contribution >= 4 is 5.91 Å². The van der Waals surface area contributed by atoms with Crippen molar-refractivity contribution in [3.63, 3.8) is 0 Å². The predicted molar refractivity (Wildman–Crippen MR) is 71.0 cm³/mol. The third-order valence-electron chi connectivity index (χ3n) is 4.31. The molecule has 3 heteroatoms. The standard InChI is InChI=1S/C15H20N2O/c16-14(9-11-4-2-1-3-5-11)15(18)17-10-12-6-7-13(17)8-12/h1-5,12-14H,6-10,16H2/t12?,13?,14-/m0/s1. The van der Waals surface area contributed by atoms with E-state index in [4.69, 9.17) is 5.73 Å². The first kappa shape index (κ1) is 11.7. The fourth-order valence-electron chi connectivity index (χ4n) is 3.36. The number of hydrogen-bond acceptors (Lipinski definition) is 2. The molecule has 2 fully saturated rings. The van der Waals surface area contributed by atoms with E-state index in [9.17, 15) is 4.79 Å². The van der Waals surface area contributed by atoms with E-state index in [1.807, 2.05) is 35.2 Å². The zero-order valence-corrected chi connectivity index (χ0v) is 10.6. The molecule has 1 heterocycles. The van der Waals surface area contributed by atoms with Gasteiger partial charge in [-0.15, -0.1) is 0 Å². The van der Waals surface area contributed by atoms with Gasteiger partial charge in [-0.05, 0) is 37.2 Å². The molecule has 18 heavy (non-hydrogen) atoms. The second-order valence-electron chi connectivity index (χ2n) is 5.62. The van der Waals surface area contributed by atoms with Crippen LogP contribution in [0, 0.1) is 5.92 Å². The molecule has 2 bridgehead atoms. The molecule has 0 spiro atoms. The molecule has 0 radical (unpaired) electrons. The summed E-state index contributed by atoms with van der Waals surface area (Å²) in [6.45, 7) is 0.936. The molecule has 2 aliphatic rings. The number of nitrogens with two attached hydrogens (primary N) is 1. The Bertz CT molecular complexity index is 431. The van der Waals surface area contributed by atoms with E-state index in [-0.39, 0.29) is 11.9 Å². The zero-order chi connectivity index (χ0) is 12.5. The van der Waals surface area contributed by atoms with Gasteiger partial charge in [-0.2, -0.15) is 0 Å². The first-order valence-electron chi connectivity index (χ1n) is 6.84. The molecule has 0 aromatic heterocycles. The summed E-state index contributed by atoms with van der Waals surface area (Å²) in [5.41, 5.74) is 7.21. The monoisotopic (exact) mass is 244 g/mol. The van der Waals surface area contributed by atoms with E-state index >= 15 is 0 Å². The maximum Gasteiger partial charge on any atom is 0.240 e. The molecule has 1 aromatic carbocycles. The molecule has 1 aliphatic carbocycles. The highest BCUT2D eigenvalue weighted by molar-refractivity contribution is 5.82. The van der Waals surface area contributed by atoms with Gasteiger partial charge in [-0.25, -0.2) is 0 Å². The Labute approximate surface area is 108 Å². The van der Waals surface area contributed by atoms with Crippen molar-refractivity contribution in [1.29, 1.82) is 0 Å². The Morgan fingerprint density at radius 3 is 2.72 bits per heavy atom. The van der Waals surface area contributed by atoms with Gasteiger partial charge in [-0.3, -0.25) is 4.79 Å². The highest BCUT2D eigenvalue weighted by atomic mass is 16.2. The molecule has 1 saturated heterocycles. The lowest BCUT2D eigenvalue weighted by Gasteiger charge is -2.29. The van der Waals surface area contributed by atoms with Crippen LogP contribution in [0.1, 0.15) is 24.8 Å². The van der Waals surface area contributed by atoms with E-state index in [2.05, 4.69) is 0 Å². The van der Waals surface area contributed by atoms with E-state index in [0.717, 1.165) is 18.0 Å². The fraction of sp³-hybridized carbons (Fsp3) is 0.533. The van der Waals surface area contributed by atoms with Crippen LogP contribution in [0.4, 0.5) is 0 Å². The van der Waals surface area contributed by atoms with Crippen molar-refractivity contribution < 1.29 is 4.79 Å². The average Bonchev–Trinajstić information content (AvgIpc) is 3.01. The Kier molecular flexibility index (Phi) is 3.08. The number of carbonyl (C=O) groups is 1. The van der Waals surface area contributed by atoms with Crippen LogP contribution in [0.3, 0.4) is 0 Å². The first-order valence-corrected chi connectivity index (χ1v) is 6.84. The number of fused-ring (bicyclic) bond motifs is 2. The summed E-state index contributed by atoms with van der Waals surface area (Å²) >= 11 is 0. The molecular weight excluding hydrogens is 224 g/mol. The predicted octanol–water partition coefficient (Wildman–Crippen LogP) is 1.57. The zero-order valence-electron chi connectivity index (χ0n) is 10.6. The minimum Gasteiger partial charge on any atom is -0.338 e. The smallest absolute Gasteiger partial charge is 0.240 e. The molecule has 1 aliphatic heterocycles. The quantitative estimate of drug-likeness (QED) is 0.877. The third-order valence-corrected chi connectivity index (χ3v) is 4.31. The van der Waals surface area contributed by atoms with Crippen LogP contribution in [-0.2, 0) is 11.2 Å². The first-order chi connectivity index (χ1) is 8.74. The van der Waals surface area contributed by atoms with Gasteiger partial charge in [0, 0.05) is 12.6 Å².